The number of unbranched alkanes of at least 4 members (excludes halogenated alkanes) is 3. The Hall–Kier alpha value is 0.930. The second kappa shape index (κ2) is 20.3. The van der Waals surface area contributed by atoms with Gasteiger partial charge in [-0.15, -0.1) is 11.7 Å². The van der Waals surface area contributed by atoms with Crippen LogP contribution in [0.3, 0.4) is 0 Å². The molecule has 0 aliphatic rings. The standard InChI is InChI=1S/C6H14S2.C4H11O5P/c1-2-3-4-5-6-8-7;1-3-6-8-10(5)9-7-4-2/h7H,2-6H2,1H3;5H,3-4H2,1-2H3. The van der Waals surface area contributed by atoms with Gasteiger partial charge in [0.05, 0.1) is 13.2 Å². The molecule has 0 spiro atoms. The lowest BCUT2D eigenvalue weighted by Crippen LogP contribution is -1.93. The Balaban J connectivity index is 0. The highest BCUT2D eigenvalue weighted by Gasteiger charge is 2.07. The first-order valence-electron chi connectivity index (χ1n) is 6.07. The summed E-state index contributed by atoms with van der Waals surface area (Å²) in [6.07, 6.45) is 5.43. The topological polar surface area (TPSA) is 57.2 Å². The zero-order valence-corrected chi connectivity index (χ0v) is 13.9. The summed E-state index contributed by atoms with van der Waals surface area (Å²) in [7, 11) is -0.390. The fourth-order valence-electron chi connectivity index (χ4n) is 0.801. The monoisotopic (exact) mass is 320 g/mol. The molecule has 0 unspecified atom stereocenters. The molecule has 8 heteroatoms. The highest BCUT2D eigenvalue weighted by Crippen LogP contribution is 2.32. The molecule has 112 valence electrons. The summed E-state index contributed by atoms with van der Waals surface area (Å²) >= 11 is 4.04. The van der Waals surface area contributed by atoms with Crippen molar-refractivity contribution in [2.75, 3.05) is 19.0 Å². The van der Waals surface area contributed by atoms with Crippen molar-refractivity contribution in [2.45, 2.75) is 46.5 Å². The van der Waals surface area contributed by atoms with Gasteiger partial charge in [0.25, 0.3) is 0 Å². The molecule has 0 aromatic rings. The lowest BCUT2D eigenvalue weighted by Gasteiger charge is -2.05. The molecule has 0 bridgehead atoms. The SMILES string of the molecule is CCCCCCSS.CCOOP(O)OOCC. The van der Waals surface area contributed by atoms with E-state index >= 15 is 0 Å². The molecule has 0 rings (SSSR count). The summed E-state index contributed by atoms with van der Waals surface area (Å²) in [4.78, 5) is 17.4. The first-order chi connectivity index (χ1) is 8.72. The highest BCUT2D eigenvalue weighted by atomic mass is 33.1. The van der Waals surface area contributed by atoms with Crippen molar-refractivity contribution in [2.24, 2.45) is 0 Å². The molecule has 0 aromatic heterocycles. The van der Waals surface area contributed by atoms with Crippen molar-refractivity contribution in [3.05, 3.63) is 0 Å². The van der Waals surface area contributed by atoms with Crippen LogP contribution in [0.15, 0.2) is 0 Å². The Kier molecular flexibility index (Phi) is 23.9. The van der Waals surface area contributed by atoms with Gasteiger partial charge < -0.3 is 4.89 Å². The molecule has 18 heavy (non-hydrogen) atoms. The second-order valence-corrected chi connectivity index (χ2v) is 5.31. The van der Waals surface area contributed by atoms with Crippen LogP contribution in [0, 0.1) is 0 Å². The number of thiol groups is 1. The van der Waals surface area contributed by atoms with E-state index in [2.05, 4.69) is 37.7 Å². The van der Waals surface area contributed by atoms with Crippen LogP contribution in [0.4, 0.5) is 0 Å². The van der Waals surface area contributed by atoms with Gasteiger partial charge in [0.15, 0.2) is 0 Å². The van der Waals surface area contributed by atoms with Crippen LogP contribution in [0.2, 0.25) is 0 Å². The van der Waals surface area contributed by atoms with E-state index in [1.54, 1.807) is 24.6 Å². The Morgan fingerprint density at radius 1 is 1.00 bits per heavy atom. The van der Waals surface area contributed by atoms with Crippen molar-refractivity contribution >= 4 is 31.1 Å². The molecule has 0 aliphatic carbocycles. The molecule has 0 atom stereocenters. The Morgan fingerprint density at radius 3 is 1.94 bits per heavy atom. The lowest BCUT2D eigenvalue weighted by atomic mass is 10.2. The van der Waals surface area contributed by atoms with E-state index in [4.69, 9.17) is 4.89 Å². The molecule has 0 aliphatic heterocycles. The molecule has 0 radical (unpaired) electrons. The van der Waals surface area contributed by atoms with Crippen LogP contribution in [0.1, 0.15) is 46.5 Å². The molecule has 1 N–H and O–H groups in total. The van der Waals surface area contributed by atoms with E-state index in [1.807, 2.05) is 0 Å². The summed E-state index contributed by atoms with van der Waals surface area (Å²) in [5.74, 6) is 1.21. The predicted octanol–water partition coefficient (Wildman–Crippen LogP) is 4.29. The van der Waals surface area contributed by atoms with Gasteiger partial charge in [-0.1, -0.05) is 37.0 Å². The van der Waals surface area contributed by atoms with E-state index in [-0.39, 0.29) is 0 Å². The summed E-state index contributed by atoms with van der Waals surface area (Å²) in [5.41, 5.74) is 0. The van der Waals surface area contributed by atoms with Gasteiger partial charge in [-0.2, -0.15) is 9.35 Å². The molecule has 0 heterocycles. The summed E-state index contributed by atoms with van der Waals surface area (Å²) in [6.45, 7) is 6.39. The maximum atomic E-state index is 8.68. The van der Waals surface area contributed by atoms with Crippen LogP contribution in [-0.2, 0) is 19.1 Å². The molecule has 0 amide bonds. The molecule has 0 aromatic carbocycles. The minimum absolute atomic E-state index is 0.356. The summed E-state index contributed by atoms with van der Waals surface area (Å²) < 4.78 is 8.53. The number of hydrogen-bond donors (Lipinski definition) is 2. The Labute approximate surface area is 121 Å². The zero-order chi connectivity index (χ0) is 14.1. The van der Waals surface area contributed by atoms with Gasteiger partial charge in [0.2, 0.25) is 0 Å². The third kappa shape index (κ3) is 22.1. The van der Waals surface area contributed by atoms with Gasteiger partial charge in [-0.3, -0.25) is 0 Å². The van der Waals surface area contributed by atoms with Crippen molar-refractivity contribution in [1.82, 2.24) is 0 Å². The van der Waals surface area contributed by atoms with Gasteiger partial charge in [-0.25, -0.2) is 9.78 Å². The van der Waals surface area contributed by atoms with E-state index in [0.29, 0.717) is 13.2 Å². The summed E-state index contributed by atoms with van der Waals surface area (Å²) in [5, 5.41) is 0. The predicted molar refractivity (Wildman–Crippen MR) is 80.1 cm³/mol. The average Bonchev–Trinajstić information content (AvgIpc) is 2.40. The normalized spacial score (nSPS) is 10.3. The molecule has 0 fully saturated rings. The van der Waals surface area contributed by atoms with Gasteiger partial charge >= 0.3 is 8.60 Å². The Bertz CT molecular complexity index is 131. The van der Waals surface area contributed by atoms with Gasteiger partial charge in [-0.05, 0) is 20.3 Å². The second-order valence-electron chi connectivity index (χ2n) is 3.09. The first kappa shape index (κ1) is 21.2. The molecule has 5 nitrogen and oxygen atoms in total. The van der Waals surface area contributed by atoms with Crippen LogP contribution in [0.25, 0.3) is 0 Å². The van der Waals surface area contributed by atoms with Crippen LogP contribution < -0.4 is 0 Å². The molecular formula is C10H25O5PS2. The highest BCUT2D eigenvalue weighted by molar-refractivity contribution is 8.68. The zero-order valence-electron chi connectivity index (χ0n) is 11.3. The van der Waals surface area contributed by atoms with Gasteiger partial charge in [0, 0.05) is 5.75 Å². The maximum Gasteiger partial charge on any atom is 0.389 e. The van der Waals surface area contributed by atoms with Crippen LogP contribution >= 0.6 is 31.1 Å². The largest absolute Gasteiger partial charge is 0.389 e. The maximum absolute atomic E-state index is 8.68. The third-order valence-electron chi connectivity index (χ3n) is 1.56. The van der Waals surface area contributed by atoms with E-state index in [9.17, 15) is 0 Å². The quantitative estimate of drug-likeness (QED) is 0.148. The summed E-state index contributed by atoms with van der Waals surface area (Å²) in [6, 6.07) is 0. The molecule has 0 saturated carbocycles. The fourth-order valence-corrected chi connectivity index (χ4v) is 1.94. The van der Waals surface area contributed by atoms with Crippen molar-refractivity contribution in [3.8, 4) is 0 Å². The van der Waals surface area contributed by atoms with E-state index in [1.165, 1.54) is 31.4 Å². The van der Waals surface area contributed by atoms with Crippen molar-refractivity contribution in [1.29, 1.82) is 0 Å². The van der Waals surface area contributed by atoms with Crippen LogP contribution in [-0.4, -0.2) is 23.9 Å². The lowest BCUT2D eigenvalue weighted by molar-refractivity contribution is -0.263. The van der Waals surface area contributed by atoms with E-state index < -0.39 is 8.60 Å². The van der Waals surface area contributed by atoms with Crippen LogP contribution in [0.5, 0.6) is 0 Å². The fraction of sp³-hybridized carbons (Fsp3) is 1.00. The van der Waals surface area contributed by atoms with Crippen molar-refractivity contribution < 1.29 is 24.0 Å². The minimum Gasteiger partial charge on any atom is -0.325 e. The van der Waals surface area contributed by atoms with Crippen molar-refractivity contribution in [3.63, 3.8) is 0 Å². The number of hydrogen-bond acceptors (Lipinski definition) is 7. The number of rotatable bonds is 11. The average molecular weight is 320 g/mol. The Morgan fingerprint density at radius 2 is 1.56 bits per heavy atom. The third-order valence-corrected chi connectivity index (χ3v) is 3.04. The minimum atomic E-state index is -2.04. The molecular weight excluding hydrogens is 295 g/mol. The first-order valence-corrected chi connectivity index (χ1v) is 9.24. The molecule has 0 saturated heterocycles. The van der Waals surface area contributed by atoms with E-state index in [0.717, 1.165) is 0 Å². The van der Waals surface area contributed by atoms with Gasteiger partial charge in [0.1, 0.15) is 0 Å². The smallest absolute Gasteiger partial charge is 0.325 e.